The first-order valence-electron chi connectivity index (χ1n) is 81.5. The zero-order valence-electron chi connectivity index (χ0n) is 153. The second kappa shape index (κ2) is 50.0. The van der Waals surface area contributed by atoms with Crippen molar-refractivity contribution in [2.45, 2.75) is 253 Å². The van der Waals surface area contributed by atoms with E-state index in [9.17, 15) is 31.5 Å². The molecule has 6 aromatic rings. The lowest BCUT2D eigenvalue weighted by molar-refractivity contribution is -0.130. The number of carbonyl (C=O) groups is 6. The van der Waals surface area contributed by atoms with Crippen LogP contribution in [0.15, 0.2) is 72.7 Å². The number of ketones is 6. The zero-order chi connectivity index (χ0) is 164. The molecule has 0 spiro atoms. The van der Waals surface area contributed by atoms with Crippen LogP contribution in [-0.2, 0) is 67.2 Å². The maximum Gasteiger partial charge on any atom is 0.161 e. The number of nitrogens with zero attached hydrogens (tertiary/aromatic N) is 6. The number of piperidine rings is 6. The zero-order valence-corrected chi connectivity index (χ0v) is 80.9. The van der Waals surface area contributed by atoms with Gasteiger partial charge >= 0.3 is 0 Å². The van der Waals surface area contributed by atoms with Gasteiger partial charge < -0.3 is 56.8 Å². The first kappa shape index (κ1) is 48.4. The van der Waals surface area contributed by atoms with Crippen molar-refractivity contribution in [3.8, 4) is 69.0 Å². The van der Waals surface area contributed by atoms with Crippen LogP contribution in [-0.4, -0.2) is 227 Å². The van der Waals surface area contributed by atoms with Crippen LogP contribution in [0.5, 0.6) is 69.0 Å². The molecule has 774 valence electrons. The molecular weight excluding hydrogens is 1780 g/mol. The topological polar surface area (TPSA) is 233 Å². The molecule has 12 heterocycles. The highest BCUT2D eigenvalue weighted by molar-refractivity contribution is 5.86. The molecule has 24 heteroatoms. The van der Waals surface area contributed by atoms with Gasteiger partial charge in [0.1, 0.15) is 34.7 Å². The van der Waals surface area contributed by atoms with Gasteiger partial charge in [0.25, 0.3) is 0 Å². The lowest BCUT2D eigenvalue weighted by Gasteiger charge is -2.43. The molecule has 141 heavy (non-hydrogen) atoms. The molecule has 0 amide bonds. The number of hydrogen-bond donors (Lipinski definition) is 0. The van der Waals surface area contributed by atoms with E-state index in [0.29, 0.717) is 86.8 Å². The lowest BCUT2D eigenvalue weighted by atomic mass is 9.79. The molecule has 6 saturated heterocycles. The second-order valence-electron chi connectivity index (χ2n) is 35.5. The third-order valence-corrected chi connectivity index (χ3v) is 25.2. The van der Waals surface area contributed by atoms with Crippen molar-refractivity contribution in [3.05, 3.63) is 139 Å². The summed E-state index contributed by atoms with van der Waals surface area (Å²) >= 11 is 0. The summed E-state index contributed by atoms with van der Waals surface area (Å²) in [6, 6.07) is -2.93. The molecule has 12 aliphatic rings. The summed E-state index contributed by atoms with van der Waals surface area (Å²) in [5.74, 6) is -35.1. The Morgan fingerprint density at radius 3 is 1.04 bits per heavy atom. The highest BCUT2D eigenvalue weighted by Crippen LogP contribution is 2.51. The van der Waals surface area contributed by atoms with Crippen LogP contribution in [0.2, 0.25) is 0 Å². The molecule has 24 nitrogen and oxygen atoms in total. The summed E-state index contributed by atoms with van der Waals surface area (Å²) in [5.41, 5.74) is 0.258. The third kappa shape index (κ3) is 25.6. The van der Waals surface area contributed by atoms with Crippen molar-refractivity contribution in [2.75, 3.05) is 163 Å². The summed E-state index contributed by atoms with van der Waals surface area (Å²) in [6.07, 6.45) is -38.5. The van der Waals surface area contributed by atoms with E-state index in [1.807, 2.05) is 29.7 Å². The number of benzene rings is 6. The number of Topliss-reactive ketones (excluding diaryl/α,β-unsaturated/α-hetero) is 6. The molecule has 6 aromatic carbocycles. The van der Waals surface area contributed by atoms with Crippen molar-refractivity contribution < 1.29 is 184 Å². The minimum Gasteiger partial charge on any atom is -0.493 e. The summed E-state index contributed by atoms with van der Waals surface area (Å²) in [6.45, 7) is -12.4. The average molecular weight is 2020 g/mol. The predicted octanol–water partition coefficient (Wildman–Crippen LogP) is 20.6. The van der Waals surface area contributed by atoms with Gasteiger partial charge in [-0.05, 0) is 252 Å². The fourth-order valence-corrected chi connectivity index (χ4v) is 18.4. The summed E-state index contributed by atoms with van der Waals surface area (Å²) in [4.78, 5) is 86.7. The molecule has 0 saturated carbocycles. The molecule has 0 N–H and O–H groups in total. The van der Waals surface area contributed by atoms with Gasteiger partial charge in [-0.2, -0.15) is 0 Å². The monoisotopic (exact) mass is 2020 g/mol. The quantitative estimate of drug-likeness (QED) is 0.0466. The van der Waals surface area contributed by atoms with E-state index in [1.54, 1.807) is 30.3 Å². The normalized spacial score (nSPS) is 40.9. The largest absolute Gasteiger partial charge is 0.493 e. The number of carbonyl (C=O) groups excluding carboxylic acids is 6. The summed E-state index contributed by atoms with van der Waals surface area (Å²) < 4.78 is 651. The lowest BCUT2D eigenvalue weighted by Crippen LogP contribution is -2.46. The van der Waals surface area contributed by atoms with Crippen LogP contribution >= 0.6 is 0 Å². The van der Waals surface area contributed by atoms with E-state index in [1.165, 1.54) is 59.3 Å². The Kier molecular flexibility index (Phi) is 17.1. The maximum atomic E-state index is 14.2. The van der Waals surface area contributed by atoms with Crippen molar-refractivity contribution in [1.82, 2.24) is 29.4 Å². The molecular formula is C117H168N6O18. The summed E-state index contributed by atoms with van der Waals surface area (Å²) in [7, 11) is -10.2. The smallest absolute Gasteiger partial charge is 0.161 e. The highest BCUT2D eigenvalue weighted by Gasteiger charge is 2.47. The van der Waals surface area contributed by atoms with Gasteiger partial charge in [-0.25, -0.2) is 0 Å². The Bertz CT molecular complexity index is 8750. The van der Waals surface area contributed by atoms with Crippen LogP contribution in [0.3, 0.4) is 0 Å². The van der Waals surface area contributed by atoms with Crippen molar-refractivity contribution in [3.63, 3.8) is 0 Å². The Labute approximate surface area is 943 Å². The SMILES string of the molecule is [2H]C([2H])([2H])Oc1cc2c(cc1OC)C1CC(=O)C(C([2H])([2H])C([2H])(C([2H])([2H])[2H])C([2H])([2H])C)CN1CC2.[2H]C([2H])([2H])Oc1cc2c(cc1OC)C1CC(=O)C(CC(C)C)CN1CC2.[2H]C([2H])([2H])Oc1cc2c(cc1OC)C1N(CC2)CC([2H])(C([2H])([2H])C([2H])(C([2H])([2H])[2H])C([2H])([2H])C)C(=O)C1([2H])[2H].[2H]C([2H])([2H])Oc1cc2c(cc1OC)C1N(CC2)CC([2H])(CC(C)C)C(=O)C1([2H])[2H].[2H]c1c(OC)c(OC([2H])([2H])[2H])c([2H])c2c1C([2H])([2H])C([2H])([2H])N1C([2H])([2H])C([2H])(C([2H])([2H])C([2H])(C([2H])([2H])[2H])C([2H])([2H])C)C(=O)C([2H])([2H])C21[2H].[2H]c1c(OC)c(OC([2H])([2H])[2H])c([2H])c2c1C([2H])([2H])C([2H])([2H])N1C([2H])([2H])C([2H])(CC(C)C)C(=O)C([2H])([2H])C21[2H]. The van der Waals surface area contributed by atoms with E-state index >= 15 is 0 Å². The summed E-state index contributed by atoms with van der Waals surface area (Å²) in [5, 5.41) is 0. The molecule has 0 radical (unpaired) electrons. The number of methoxy groups -OCH3 is 12. The fraction of sp³-hybridized carbons (Fsp3) is 0.641. The Morgan fingerprint density at radius 2 is 0.652 bits per heavy atom. The fourth-order valence-electron chi connectivity index (χ4n) is 18.4. The van der Waals surface area contributed by atoms with Crippen LogP contribution in [0.1, 0.15) is 380 Å². The first-order chi connectivity index (χ1) is 95.2. The van der Waals surface area contributed by atoms with Crippen molar-refractivity contribution in [2.24, 2.45) is 70.8 Å². The Morgan fingerprint density at radius 1 is 0.340 bits per heavy atom. The molecule has 0 aromatic heterocycles. The van der Waals surface area contributed by atoms with Gasteiger partial charge in [-0.1, -0.05) is 102 Å². The predicted molar refractivity (Wildman–Crippen MR) is 555 cm³/mol. The minimum absolute atomic E-state index is 0.0293. The number of rotatable bonds is 27. The minimum atomic E-state index is -4.70. The molecule has 0 aliphatic carbocycles. The van der Waals surface area contributed by atoms with Crippen LogP contribution in [0.4, 0.5) is 0 Å². The van der Waals surface area contributed by atoms with Crippen molar-refractivity contribution >= 4 is 34.7 Å². The van der Waals surface area contributed by atoms with E-state index < -0.39 is 365 Å². The second-order valence-corrected chi connectivity index (χ2v) is 35.5. The van der Waals surface area contributed by atoms with Gasteiger partial charge in [-0.3, -0.25) is 58.2 Å². The third-order valence-electron chi connectivity index (χ3n) is 25.2. The molecule has 0 bridgehead atoms. The number of fused-ring (bicyclic) bond motifs is 18. The van der Waals surface area contributed by atoms with Gasteiger partial charge in [-0.15, -0.1) is 0 Å². The molecule has 18 rings (SSSR count). The Hall–Kier alpha value is -9.30. The molecule has 15 atom stereocenters. The van der Waals surface area contributed by atoms with Gasteiger partial charge in [0.2, 0.25) is 0 Å². The van der Waals surface area contributed by atoms with Gasteiger partial charge in [0, 0.05) is 254 Å². The number of hydrogen-bond acceptors (Lipinski definition) is 24. The average Bonchev–Trinajstić information content (AvgIpc) is 0.632. The van der Waals surface area contributed by atoms with Crippen LogP contribution < -0.4 is 56.8 Å². The number of ether oxygens (including phenoxy) is 12. The first-order valence-corrected chi connectivity index (χ1v) is 45.5. The van der Waals surface area contributed by atoms with Crippen LogP contribution in [0.25, 0.3) is 0 Å². The van der Waals surface area contributed by atoms with E-state index in [0.717, 1.165) is 69.3 Å². The van der Waals surface area contributed by atoms with Gasteiger partial charge in [0.15, 0.2) is 69.0 Å². The Balaban J connectivity index is 0.000000205. The van der Waals surface area contributed by atoms with E-state index in [2.05, 4.69) is 18.7 Å². The molecule has 12 aliphatic heterocycles. The van der Waals surface area contributed by atoms with E-state index in [4.69, 9.17) is 153 Å². The molecule has 15 unspecified atom stereocenters. The standard InChI is InChI=1S/3C20H29NO3.3C19H27NO3/c3*1-5-13(2)8-15-12-21-7-6-14-9-19(23-3)20(24-4)10-16(14)17(21)11-18(15)22;3*1-12(2)7-14-11-20-6-5-13-8-18(22-3)19(23-4)9-15(13)16(20)10-17(14)21/h3*9-10,13,15,17H,5-8,11-12H2,1-4H3;3*8-9,12,14,16H,5-7,10-11H2,1-4H3/i2D3,4D3,5D2,6D2,7D2,8D2,9D,10D,11D2,12D2,13D,15D,17D;2D3,3D3,5D2,8D2,11D2,13D,15D;2D3,3D3,5D2,8D2,13D;4D3,5D2,6D2,8D,9D,10D2,11D2,14D,16D;3D3,10D2,14D;3D3. The molecule has 6 fully saturated rings. The van der Waals surface area contributed by atoms with Crippen LogP contribution in [0, 0.1) is 70.8 Å². The van der Waals surface area contributed by atoms with Gasteiger partial charge in [0.05, 0.1) is 118 Å². The van der Waals surface area contributed by atoms with Crippen molar-refractivity contribution in [1.29, 1.82) is 0 Å². The maximum absolute atomic E-state index is 14.2. The van der Waals surface area contributed by atoms with E-state index in [-0.39, 0.29) is 101 Å². The highest BCUT2D eigenvalue weighted by atomic mass is 16.5.